The van der Waals surface area contributed by atoms with E-state index in [1.54, 1.807) is 0 Å². The molecule has 0 aliphatic carbocycles. The van der Waals surface area contributed by atoms with E-state index in [1.165, 1.54) is 11.4 Å². The molecule has 2 nitrogen and oxygen atoms in total. The summed E-state index contributed by atoms with van der Waals surface area (Å²) in [4.78, 5) is 0. The molecule has 0 atom stereocenters. The number of hydrogen-bond donors (Lipinski definition) is 0. The van der Waals surface area contributed by atoms with Crippen LogP contribution in [0.25, 0.3) is 0 Å². The maximum Gasteiger partial charge on any atom is 0.334 e. The lowest BCUT2D eigenvalue weighted by Gasteiger charge is -1.81. The molecule has 0 unspecified atom stereocenters. The van der Waals surface area contributed by atoms with Crippen LogP contribution in [0, 0.1) is 0 Å². The predicted molar refractivity (Wildman–Crippen MR) is 38.6 cm³/mol. The van der Waals surface area contributed by atoms with Crippen molar-refractivity contribution in [3.05, 3.63) is 0 Å². The van der Waals surface area contributed by atoms with Gasteiger partial charge in [0, 0.05) is 13.8 Å². The molecule has 1 rings (SSSR count). The summed E-state index contributed by atoms with van der Waals surface area (Å²) in [7, 11) is 4.23. The minimum absolute atomic E-state index is 1.04. The Morgan fingerprint density at radius 3 is 1.44 bits per heavy atom. The van der Waals surface area contributed by atoms with Gasteiger partial charge in [0.1, 0.15) is 14.1 Å². The maximum absolute atomic E-state index is 2.25. The summed E-state index contributed by atoms with van der Waals surface area (Å²) >= 11 is 0. The van der Waals surface area contributed by atoms with E-state index in [1.807, 2.05) is 0 Å². The van der Waals surface area contributed by atoms with E-state index < -0.39 is 0 Å². The Bertz CT molecular complexity index is 177. The fraction of sp³-hybridized carbons (Fsp3) is 0.714. The summed E-state index contributed by atoms with van der Waals surface area (Å²) in [6.45, 7) is 5.34. The fourth-order valence-corrected chi connectivity index (χ4v) is 1.08. The molecule has 0 radical (unpaired) electrons. The van der Waals surface area contributed by atoms with E-state index >= 15 is 0 Å². The van der Waals surface area contributed by atoms with Crippen molar-refractivity contribution in [3.63, 3.8) is 0 Å². The summed E-state index contributed by atoms with van der Waals surface area (Å²) in [5.41, 5.74) is 2.77. The van der Waals surface area contributed by atoms with Crippen molar-refractivity contribution >= 4 is 11.4 Å². The van der Waals surface area contributed by atoms with Crippen LogP contribution in [0.1, 0.15) is 13.8 Å². The highest BCUT2D eigenvalue weighted by Crippen LogP contribution is 1.91. The Kier molecular flexibility index (Phi) is 1.39. The lowest BCUT2D eigenvalue weighted by Crippen LogP contribution is -2.12. The third kappa shape index (κ3) is 0.889. The Hall–Kier alpha value is -0.660. The Balaban J connectivity index is 2.97. The molecule has 0 aromatic heterocycles. The maximum atomic E-state index is 2.25. The highest BCUT2D eigenvalue weighted by Gasteiger charge is 2.25. The van der Waals surface area contributed by atoms with Crippen molar-refractivity contribution in [2.75, 3.05) is 20.8 Å². The third-order valence-corrected chi connectivity index (χ3v) is 2.09. The summed E-state index contributed by atoms with van der Waals surface area (Å²) in [6, 6.07) is 0. The highest BCUT2D eigenvalue weighted by atomic mass is 15.2. The van der Waals surface area contributed by atoms with Crippen LogP contribution >= 0.6 is 0 Å². The van der Waals surface area contributed by atoms with Gasteiger partial charge in [-0.25, -0.2) is 0 Å². The van der Waals surface area contributed by atoms with E-state index in [0.29, 0.717) is 0 Å². The van der Waals surface area contributed by atoms with Crippen LogP contribution in [0.3, 0.4) is 0 Å². The molecule has 1 aliphatic rings. The Morgan fingerprint density at radius 1 is 1.00 bits per heavy atom. The van der Waals surface area contributed by atoms with Gasteiger partial charge in [-0.05, 0) is 0 Å². The Labute approximate surface area is 56.1 Å². The van der Waals surface area contributed by atoms with Gasteiger partial charge < -0.3 is 0 Å². The zero-order chi connectivity index (χ0) is 7.02. The van der Waals surface area contributed by atoms with Gasteiger partial charge >= 0.3 is 6.67 Å². The van der Waals surface area contributed by atoms with Crippen LogP contribution in [-0.2, 0) is 0 Å². The summed E-state index contributed by atoms with van der Waals surface area (Å²) in [5.74, 6) is 0. The number of nitrogens with zero attached hydrogens (tertiary/aromatic N) is 2. The molecule has 1 aliphatic heterocycles. The first kappa shape index (κ1) is 6.46. The molecule has 50 valence electrons. The molecule has 0 saturated carbocycles. The van der Waals surface area contributed by atoms with Crippen molar-refractivity contribution in [3.8, 4) is 0 Å². The van der Waals surface area contributed by atoms with Crippen LogP contribution in [0.5, 0.6) is 0 Å². The van der Waals surface area contributed by atoms with Crippen molar-refractivity contribution in [1.29, 1.82) is 0 Å². The quantitative estimate of drug-likeness (QED) is 0.408. The first-order valence-corrected chi connectivity index (χ1v) is 3.22. The minimum atomic E-state index is 1.04. The number of hydrogen-bond acceptors (Lipinski definition) is 0. The third-order valence-electron chi connectivity index (χ3n) is 2.09. The first-order chi connectivity index (χ1) is 4.13. The average Bonchev–Trinajstić information content (AvgIpc) is 1.98. The zero-order valence-electron chi connectivity index (χ0n) is 6.60. The topological polar surface area (TPSA) is 6.02 Å². The first-order valence-electron chi connectivity index (χ1n) is 3.22. The van der Waals surface area contributed by atoms with Gasteiger partial charge in [-0.2, -0.15) is 9.15 Å². The van der Waals surface area contributed by atoms with E-state index in [0.717, 1.165) is 6.67 Å². The molecule has 0 aromatic rings. The molecule has 0 saturated heterocycles. The summed E-state index contributed by atoms with van der Waals surface area (Å²) in [5, 5.41) is 0. The molecule has 0 fully saturated rings. The van der Waals surface area contributed by atoms with E-state index in [9.17, 15) is 0 Å². The van der Waals surface area contributed by atoms with Gasteiger partial charge in [-0.1, -0.05) is 0 Å². The molecule has 0 spiro atoms. The number of rotatable bonds is 0. The van der Waals surface area contributed by atoms with Gasteiger partial charge in [0.25, 0.3) is 0 Å². The predicted octanol–water partition coefficient (Wildman–Crippen LogP) is 0.164. The lowest BCUT2D eigenvalue weighted by molar-refractivity contribution is -0.689. The van der Waals surface area contributed by atoms with Crippen molar-refractivity contribution in [2.24, 2.45) is 0 Å². The van der Waals surface area contributed by atoms with E-state index in [2.05, 4.69) is 37.1 Å². The van der Waals surface area contributed by atoms with Crippen LogP contribution in [0.4, 0.5) is 0 Å². The SMILES string of the molecule is CC1=[N+](C)C[N+](C)=C1C. The molecule has 0 N–H and O–H groups in total. The van der Waals surface area contributed by atoms with Crippen LogP contribution in [0.2, 0.25) is 0 Å². The van der Waals surface area contributed by atoms with Gasteiger partial charge in [0.2, 0.25) is 11.4 Å². The molecular formula is C7H14N2+2. The second-order valence-electron chi connectivity index (χ2n) is 2.71. The molecular weight excluding hydrogens is 112 g/mol. The highest BCUT2D eigenvalue weighted by molar-refractivity contribution is 6.36. The molecule has 2 heteroatoms. The summed E-state index contributed by atoms with van der Waals surface area (Å²) < 4.78 is 4.49. The fourth-order valence-electron chi connectivity index (χ4n) is 1.08. The molecule has 9 heavy (non-hydrogen) atoms. The standard InChI is InChI=1S/C7H14N2/c1-6-7(2)9(4)5-8(6)3/h5H2,1-4H3/q+2. The minimum Gasteiger partial charge on any atom is -0.173 e. The lowest BCUT2D eigenvalue weighted by atomic mass is 10.3. The monoisotopic (exact) mass is 126 g/mol. The molecule has 0 amide bonds. The van der Waals surface area contributed by atoms with Crippen molar-refractivity contribution < 1.29 is 9.15 Å². The zero-order valence-corrected chi connectivity index (χ0v) is 6.60. The van der Waals surface area contributed by atoms with Crippen molar-refractivity contribution in [2.45, 2.75) is 13.8 Å². The van der Waals surface area contributed by atoms with Crippen LogP contribution in [0.15, 0.2) is 0 Å². The van der Waals surface area contributed by atoms with E-state index in [-0.39, 0.29) is 0 Å². The van der Waals surface area contributed by atoms with Crippen LogP contribution < -0.4 is 0 Å². The van der Waals surface area contributed by atoms with Gasteiger partial charge in [-0.3, -0.25) is 0 Å². The van der Waals surface area contributed by atoms with Gasteiger partial charge in [0.05, 0.1) is 0 Å². The van der Waals surface area contributed by atoms with Gasteiger partial charge in [0.15, 0.2) is 0 Å². The second-order valence-corrected chi connectivity index (χ2v) is 2.71. The summed E-state index contributed by atoms with van der Waals surface area (Å²) in [6.07, 6.45) is 0. The van der Waals surface area contributed by atoms with Crippen LogP contribution in [-0.4, -0.2) is 41.3 Å². The normalized spacial score (nSPS) is 20.0. The Morgan fingerprint density at radius 2 is 1.33 bits per heavy atom. The van der Waals surface area contributed by atoms with Gasteiger partial charge in [-0.15, -0.1) is 0 Å². The largest absolute Gasteiger partial charge is 0.334 e. The van der Waals surface area contributed by atoms with E-state index in [4.69, 9.17) is 0 Å². The second kappa shape index (κ2) is 1.94. The smallest absolute Gasteiger partial charge is 0.173 e. The molecule has 0 aromatic carbocycles. The van der Waals surface area contributed by atoms with Crippen molar-refractivity contribution in [1.82, 2.24) is 0 Å². The molecule has 1 heterocycles. The molecule has 0 bridgehead atoms. The average molecular weight is 126 g/mol.